The first-order valence-corrected chi connectivity index (χ1v) is 8.86. The van der Waals surface area contributed by atoms with Crippen LogP contribution in [0, 0.1) is 0 Å². The van der Waals surface area contributed by atoms with Crippen LogP contribution in [0.1, 0.15) is 6.42 Å². The van der Waals surface area contributed by atoms with Crippen molar-refractivity contribution in [3.8, 4) is 0 Å². The number of rotatable bonds is 8. The number of hydrogen-bond acceptors (Lipinski definition) is 3. The molecule has 66 valence electrons. The molecule has 0 aliphatic rings. The van der Waals surface area contributed by atoms with Crippen molar-refractivity contribution in [2.75, 3.05) is 5.88 Å². The number of halogens is 1. The van der Waals surface area contributed by atoms with Crippen LogP contribution in [0.3, 0.4) is 0 Å². The van der Waals surface area contributed by atoms with Crippen molar-refractivity contribution in [2.45, 2.75) is 19.0 Å². The fourth-order valence-electron chi connectivity index (χ4n) is 0.595. The molecule has 8 heteroatoms. The third-order valence-electron chi connectivity index (χ3n) is 1.15. The number of hydrogen-bond donors (Lipinski definition) is 3. The van der Waals surface area contributed by atoms with E-state index in [1.165, 1.54) is 6.04 Å². The zero-order valence-electron chi connectivity index (χ0n) is 7.00. The molecule has 0 rings (SSSR count). The van der Waals surface area contributed by atoms with Gasteiger partial charge in [0, 0.05) is 5.88 Å². The monoisotopic (exact) mass is 249 g/mol. The van der Waals surface area contributed by atoms with E-state index in [-0.39, 0.29) is 8.96 Å². The quantitative estimate of drug-likeness (QED) is 0.298. The summed E-state index contributed by atoms with van der Waals surface area (Å²) in [4.78, 5) is 0. The summed E-state index contributed by atoms with van der Waals surface area (Å²) in [6, 6.07) is 1.24. The average molecular weight is 250 g/mol. The minimum atomic E-state index is -0.357. The Hall–Kier alpha value is 1.04. The van der Waals surface area contributed by atoms with Gasteiger partial charge >= 0.3 is 0 Å². The van der Waals surface area contributed by atoms with Gasteiger partial charge in [-0.25, -0.2) is 0 Å². The first-order valence-electron chi connectivity index (χ1n) is 3.62. The molecule has 0 aromatic rings. The lowest BCUT2D eigenvalue weighted by Gasteiger charge is -2.09. The Kier molecular flexibility index (Phi) is 11.0. The molecule has 0 aromatic heterocycles. The van der Waals surface area contributed by atoms with Crippen molar-refractivity contribution < 1.29 is 0 Å². The summed E-state index contributed by atoms with van der Waals surface area (Å²) < 4.78 is 9.54. The van der Waals surface area contributed by atoms with E-state index in [0.29, 0.717) is 19.7 Å². The van der Waals surface area contributed by atoms with Gasteiger partial charge in [-0.15, -0.1) is 11.6 Å². The maximum absolute atomic E-state index is 5.59. The fourth-order valence-corrected chi connectivity index (χ4v) is 4.89. The minimum Gasteiger partial charge on any atom is -0.352 e. The van der Waals surface area contributed by atoms with Gasteiger partial charge in [-0.2, -0.15) is 0 Å². The molecule has 0 atom stereocenters. The third-order valence-corrected chi connectivity index (χ3v) is 6.23. The summed E-state index contributed by atoms with van der Waals surface area (Å²) in [5.41, 5.74) is 0. The van der Waals surface area contributed by atoms with Crippen LogP contribution >= 0.6 is 11.6 Å². The average Bonchev–Trinajstić information content (AvgIpc) is 2.09. The van der Waals surface area contributed by atoms with Gasteiger partial charge in [0.2, 0.25) is 19.7 Å². The smallest absolute Gasteiger partial charge is 0.230 e. The van der Waals surface area contributed by atoms with Gasteiger partial charge in [-0.05, 0) is 12.5 Å². The highest BCUT2D eigenvalue weighted by Gasteiger charge is 2.02. The van der Waals surface area contributed by atoms with Crippen LogP contribution < -0.4 is 13.9 Å². The Bertz CT molecular complexity index is 98.4. The molecular weight excluding hydrogens is 238 g/mol. The van der Waals surface area contributed by atoms with Gasteiger partial charge in [0.1, 0.15) is 19.4 Å². The summed E-state index contributed by atoms with van der Waals surface area (Å²) in [6.45, 7) is 2.27. The van der Waals surface area contributed by atoms with Gasteiger partial charge in [-0.1, -0.05) is 6.55 Å². The van der Waals surface area contributed by atoms with Gasteiger partial charge in [0.25, 0.3) is 0 Å². The highest BCUT2D eigenvalue weighted by atomic mass is 35.5. The Morgan fingerprint density at radius 3 is 2.83 bits per heavy atom. The van der Waals surface area contributed by atoms with E-state index in [1.54, 1.807) is 0 Å². The van der Waals surface area contributed by atoms with Crippen LogP contribution in [-0.4, -0.2) is 44.9 Å². The molecule has 0 saturated heterocycles. The zero-order chi connectivity index (χ0) is 9.23. The second kappa shape index (κ2) is 10.1. The Balaban J connectivity index is 3.02. The van der Waals surface area contributed by atoms with Crippen molar-refractivity contribution in [3.63, 3.8) is 0 Å². The van der Waals surface area contributed by atoms with Gasteiger partial charge < -0.3 is 13.9 Å². The molecule has 0 unspecified atom stereocenters. The molecule has 0 amide bonds. The molecule has 0 fully saturated rings. The predicted octanol–water partition coefficient (Wildman–Crippen LogP) is -0.843. The molecule has 0 aliphatic heterocycles. The molecule has 0 aromatic carbocycles. The van der Waals surface area contributed by atoms with Crippen LogP contribution in [0.15, 0.2) is 0 Å². The van der Waals surface area contributed by atoms with Crippen molar-refractivity contribution in [1.29, 1.82) is 0 Å². The first-order chi connectivity index (χ1) is 5.81. The molecule has 0 aliphatic carbocycles. The summed E-state index contributed by atoms with van der Waals surface area (Å²) in [5, 5.41) is 0. The molecule has 8 radical (unpaired) electrons. The van der Waals surface area contributed by atoms with Crippen molar-refractivity contribution in [1.82, 2.24) is 13.9 Å². The molecule has 0 heterocycles. The van der Waals surface area contributed by atoms with Crippen molar-refractivity contribution in [3.05, 3.63) is 0 Å². The maximum Gasteiger partial charge on any atom is 0.230 e. The molecule has 0 spiro atoms. The Morgan fingerprint density at radius 2 is 2.25 bits per heavy atom. The Labute approximate surface area is 89.6 Å². The maximum atomic E-state index is 5.59. The predicted molar refractivity (Wildman–Crippen MR) is 58.4 cm³/mol. The standard InChI is InChI=1S/C4H12ClN3Si4/c1-12(4-2-3-5)8-11-7-10-6-9/h6-8H,2-4H2,1H3. The summed E-state index contributed by atoms with van der Waals surface area (Å²) in [7, 11) is 4.04. The minimum absolute atomic E-state index is 0.357. The highest BCUT2D eigenvalue weighted by Crippen LogP contribution is 1.95. The Morgan fingerprint density at radius 1 is 1.50 bits per heavy atom. The van der Waals surface area contributed by atoms with Crippen LogP contribution in [0.2, 0.25) is 12.6 Å². The lowest BCUT2D eigenvalue weighted by molar-refractivity contribution is 1.06. The van der Waals surface area contributed by atoms with E-state index in [2.05, 4.69) is 30.9 Å². The van der Waals surface area contributed by atoms with Crippen LogP contribution in [0.25, 0.3) is 0 Å². The summed E-state index contributed by atoms with van der Waals surface area (Å²) in [5.74, 6) is 0.782. The van der Waals surface area contributed by atoms with Gasteiger partial charge in [0.15, 0.2) is 0 Å². The van der Waals surface area contributed by atoms with E-state index in [1.807, 2.05) is 0 Å². The van der Waals surface area contributed by atoms with Crippen molar-refractivity contribution >= 4 is 50.6 Å². The largest absolute Gasteiger partial charge is 0.352 e. The zero-order valence-corrected chi connectivity index (χ0v) is 11.8. The van der Waals surface area contributed by atoms with E-state index in [0.717, 1.165) is 12.3 Å². The molecule has 3 nitrogen and oxygen atoms in total. The molecular formula is C4H12ClN3Si4. The molecule has 12 heavy (non-hydrogen) atoms. The van der Waals surface area contributed by atoms with E-state index in [4.69, 9.17) is 11.6 Å². The van der Waals surface area contributed by atoms with Gasteiger partial charge in [-0.3, -0.25) is 0 Å². The van der Waals surface area contributed by atoms with E-state index < -0.39 is 0 Å². The highest BCUT2D eigenvalue weighted by molar-refractivity contribution is 6.66. The third kappa shape index (κ3) is 9.13. The van der Waals surface area contributed by atoms with Crippen molar-refractivity contribution in [2.24, 2.45) is 0 Å². The van der Waals surface area contributed by atoms with Crippen LogP contribution in [0.5, 0.6) is 0 Å². The first kappa shape index (κ1) is 13.0. The second-order valence-corrected chi connectivity index (χ2v) is 8.14. The number of alkyl halides is 1. The summed E-state index contributed by atoms with van der Waals surface area (Å²) in [6.07, 6.45) is 1.13. The topological polar surface area (TPSA) is 36.1 Å². The number of nitrogens with one attached hydrogen (secondary N) is 3. The normalized spacial score (nSPS) is 11.0. The van der Waals surface area contributed by atoms with E-state index in [9.17, 15) is 0 Å². The van der Waals surface area contributed by atoms with E-state index >= 15 is 0 Å². The lowest BCUT2D eigenvalue weighted by Crippen LogP contribution is -2.46. The fraction of sp³-hybridized carbons (Fsp3) is 1.00. The van der Waals surface area contributed by atoms with Crippen LogP contribution in [-0.2, 0) is 0 Å². The SMILES string of the molecule is C[Si](CCCCl)N[Si]N[Si]N[Si]. The molecule has 0 saturated carbocycles. The van der Waals surface area contributed by atoms with Crippen LogP contribution in [0.4, 0.5) is 0 Å². The van der Waals surface area contributed by atoms with Gasteiger partial charge in [0.05, 0.1) is 0 Å². The molecule has 3 N–H and O–H groups in total. The second-order valence-electron chi connectivity index (χ2n) is 2.20. The lowest BCUT2D eigenvalue weighted by atomic mass is 10.6. The molecule has 0 bridgehead atoms. The summed E-state index contributed by atoms with van der Waals surface area (Å²) >= 11 is 5.59.